The second-order valence-electron chi connectivity index (χ2n) is 5.28. The number of carbonyl (C=O) groups excluding carboxylic acids is 1. The van der Waals surface area contributed by atoms with Gasteiger partial charge in [0, 0.05) is 17.8 Å². The molecule has 6 nitrogen and oxygen atoms in total. The van der Waals surface area contributed by atoms with Crippen LogP contribution in [0.15, 0.2) is 46.8 Å². The van der Waals surface area contributed by atoms with Crippen molar-refractivity contribution >= 4 is 50.6 Å². The number of anilines is 1. The number of nitrogens with one attached hydrogen (secondary N) is 1. The topological polar surface area (TPSA) is 85.1 Å². The molecule has 0 aliphatic heterocycles. The molecule has 3 aromatic rings. The predicted octanol–water partition coefficient (Wildman–Crippen LogP) is 4.50. The number of benzene rings is 2. The zero-order valence-corrected chi connectivity index (χ0v) is 15.0. The number of carbonyl (C=O) groups is 1. The second kappa shape index (κ2) is 7.62. The summed E-state index contributed by atoms with van der Waals surface area (Å²) in [5.74, 6) is 0.127. The number of amides is 1. The van der Waals surface area contributed by atoms with Crippen LogP contribution in [0.25, 0.3) is 10.2 Å². The van der Waals surface area contributed by atoms with Crippen molar-refractivity contribution in [3.05, 3.63) is 58.1 Å². The molecule has 0 fully saturated rings. The maximum absolute atomic E-state index is 12.1. The summed E-state index contributed by atoms with van der Waals surface area (Å²) in [4.78, 5) is 26.9. The van der Waals surface area contributed by atoms with E-state index in [1.165, 1.54) is 40.8 Å². The van der Waals surface area contributed by atoms with Crippen molar-refractivity contribution in [1.82, 2.24) is 4.98 Å². The quantitative estimate of drug-likeness (QED) is 0.391. The van der Waals surface area contributed by atoms with Gasteiger partial charge in [-0.05, 0) is 30.2 Å². The molecule has 0 saturated carbocycles. The largest absolute Gasteiger partial charge is 0.325 e. The van der Waals surface area contributed by atoms with E-state index in [0.29, 0.717) is 9.86 Å². The van der Waals surface area contributed by atoms with Gasteiger partial charge in [-0.3, -0.25) is 14.9 Å². The first-order chi connectivity index (χ1) is 12.0. The lowest BCUT2D eigenvalue weighted by molar-refractivity contribution is -0.384. The van der Waals surface area contributed by atoms with Gasteiger partial charge in [-0.1, -0.05) is 30.8 Å². The number of nitro benzene ring substituents is 1. The number of nitrogens with zero attached hydrogens (tertiary/aromatic N) is 2. The Labute approximate surface area is 152 Å². The summed E-state index contributed by atoms with van der Waals surface area (Å²) < 4.78 is 1.46. The molecule has 1 N–H and O–H groups in total. The fraction of sp³-hybridized carbons (Fsp3) is 0.176. The molecule has 0 atom stereocenters. The number of nitro groups is 1. The van der Waals surface area contributed by atoms with Crippen molar-refractivity contribution in [1.29, 1.82) is 0 Å². The van der Waals surface area contributed by atoms with E-state index < -0.39 is 4.92 Å². The lowest BCUT2D eigenvalue weighted by Gasteiger charge is -2.05. The number of rotatable bonds is 6. The molecule has 0 aliphatic carbocycles. The Bertz CT molecular complexity index is 940. The molecule has 0 bridgehead atoms. The molecule has 25 heavy (non-hydrogen) atoms. The van der Waals surface area contributed by atoms with Crippen LogP contribution in [0.2, 0.25) is 0 Å². The molecule has 1 amide bonds. The van der Waals surface area contributed by atoms with Crippen molar-refractivity contribution in [2.45, 2.75) is 17.7 Å². The van der Waals surface area contributed by atoms with E-state index in [0.717, 1.165) is 16.8 Å². The number of thiazole rings is 1. The number of non-ortho nitro benzene ring substituents is 1. The fourth-order valence-electron chi connectivity index (χ4n) is 2.26. The summed E-state index contributed by atoms with van der Waals surface area (Å²) in [5.41, 5.74) is 2.69. The Balaban J connectivity index is 1.63. The Hall–Kier alpha value is -2.45. The van der Waals surface area contributed by atoms with Gasteiger partial charge in [0.2, 0.25) is 5.91 Å². The Morgan fingerprint density at radius 2 is 2.16 bits per heavy atom. The van der Waals surface area contributed by atoms with E-state index in [2.05, 4.69) is 17.2 Å². The van der Waals surface area contributed by atoms with E-state index in [1.807, 2.05) is 24.3 Å². The van der Waals surface area contributed by atoms with E-state index in [1.54, 1.807) is 6.07 Å². The van der Waals surface area contributed by atoms with E-state index >= 15 is 0 Å². The average molecular weight is 373 g/mol. The highest BCUT2D eigenvalue weighted by Crippen LogP contribution is 2.31. The molecule has 0 radical (unpaired) electrons. The lowest BCUT2D eigenvalue weighted by Crippen LogP contribution is -2.14. The monoisotopic (exact) mass is 373 g/mol. The molecule has 0 aliphatic rings. The fourth-order valence-corrected chi connectivity index (χ4v) is 4.16. The van der Waals surface area contributed by atoms with Gasteiger partial charge in [-0.15, -0.1) is 11.3 Å². The molecule has 2 aromatic carbocycles. The first-order valence-corrected chi connectivity index (χ1v) is 9.42. The molecular weight excluding hydrogens is 358 g/mol. The van der Waals surface area contributed by atoms with Crippen LogP contribution < -0.4 is 5.32 Å². The lowest BCUT2D eigenvalue weighted by atomic mass is 10.1. The van der Waals surface area contributed by atoms with Gasteiger partial charge in [0.25, 0.3) is 5.69 Å². The molecule has 0 unspecified atom stereocenters. The molecule has 8 heteroatoms. The Kier molecular flexibility index (Phi) is 5.30. The summed E-state index contributed by atoms with van der Waals surface area (Å²) in [6, 6.07) is 12.3. The number of aromatic nitrogens is 1. The van der Waals surface area contributed by atoms with Crippen LogP contribution in [0.4, 0.5) is 11.4 Å². The molecule has 3 rings (SSSR count). The van der Waals surface area contributed by atoms with Gasteiger partial charge >= 0.3 is 0 Å². The highest BCUT2D eigenvalue weighted by molar-refractivity contribution is 8.01. The number of hydrogen-bond acceptors (Lipinski definition) is 6. The van der Waals surface area contributed by atoms with E-state index in [4.69, 9.17) is 0 Å². The SMILES string of the molecule is CCc1cccc(NC(=O)CSc2nc3ccc([N+](=O)[O-])cc3s2)c1. The first-order valence-electron chi connectivity index (χ1n) is 7.61. The van der Waals surface area contributed by atoms with Crippen LogP contribution in [-0.2, 0) is 11.2 Å². The summed E-state index contributed by atoms with van der Waals surface area (Å²) in [5, 5.41) is 13.7. The van der Waals surface area contributed by atoms with Gasteiger partial charge in [0.1, 0.15) is 0 Å². The number of fused-ring (bicyclic) bond motifs is 1. The standard InChI is InChI=1S/C17H15N3O3S2/c1-2-11-4-3-5-12(8-11)18-16(21)10-24-17-19-14-7-6-13(20(22)23)9-15(14)25-17/h3-9H,2,10H2,1H3,(H,18,21). The van der Waals surface area contributed by atoms with E-state index in [-0.39, 0.29) is 17.3 Å². The summed E-state index contributed by atoms with van der Waals surface area (Å²) in [7, 11) is 0. The second-order valence-corrected chi connectivity index (χ2v) is 7.53. The van der Waals surface area contributed by atoms with Crippen LogP contribution in [-0.4, -0.2) is 21.6 Å². The van der Waals surface area contributed by atoms with Crippen molar-refractivity contribution in [3.63, 3.8) is 0 Å². The minimum Gasteiger partial charge on any atom is -0.325 e. The van der Waals surface area contributed by atoms with Crippen LogP contribution in [0, 0.1) is 10.1 Å². The predicted molar refractivity (Wildman–Crippen MR) is 101 cm³/mol. The molecule has 1 heterocycles. The van der Waals surface area contributed by atoms with Crippen LogP contribution >= 0.6 is 23.1 Å². The third-order valence-corrected chi connectivity index (χ3v) is 5.67. The Morgan fingerprint density at radius 1 is 1.32 bits per heavy atom. The average Bonchev–Trinajstić information content (AvgIpc) is 3.02. The van der Waals surface area contributed by atoms with Crippen LogP contribution in [0.1, 0.15) is 12.5 Å². The highest BCUT2D eigenvalue weighted by atomic mass is 32.2. The third-order valence-electron chi connectivity index (χ3n) is 3.51. The van der Waals surface area contributed by atoms with Crippen molar-refractivity contribution in [2.24, 2.45) is 0 Å². The first kappa shape index (κ1) is 17.4. The zero-order valence-electron chi connectivity index (χ0n) is 13.4. The Morgan fingerprint density at radius 3 is 2.92 bits per heavy atom. The van der Waals surface area contributed by atoms with Crippen molar-refractivity contribution in [3.8, 4) is 0 Å². The van der Waals surface area contributed by atoms with Crippen molar-refractivity contribution < 1.29 is 9.72 Å². The maximum atomic E-state index is 12.1. The smallest absolute Gasteiger partial charge is 0.270 e. The summed E-state index contributed by atoms with van der Waals surface area (Å²) in [6.45, 7) is 2.06. The minimum absolute atomic E-state index is 0.0428. The van der Waals surface area contributed by atoms with Gasteiger partial charge in [0.15, 0.2) is 4.34 Å². The van der Waals surface area contributed by atoms with Crippen LogP contribution in [0.3, 0.4) is 0 Å². The number of aryl methyl sites for hydroxylation is 1. The number of thioether (sulfide) groups is 1. The van der Waals surface area contributed by atoms with Gasteiger partial charge in [-0.2, -0.15) is 0 Å². The summed E-state index contributed by atoms with van der Waals surface area (Å²) in [6.07, 6.45) is 0.913. The zero-order chi connectivity index (χ0) is 17.8. The molecular formula is C17H15N3O3S2. The highest BCUT2D eigenvalue weighted by Gasteiger charge is 2.12. The normalized spacial score (nSPS) is 10.8. The van der Waals surface area contributed by atoms with E-state index in [9.17, 15) is 14.9 Å². The van der Waals surface area contributed by atoms with Crippen molar-refractivity contribution in [2.75, 3.05) is 11.1 Å². The molecule has 0 saturated heterocycles. The minimum atomic E-state index is -0.427. The van der Waals surface area contributed by atoms with Gasteiger partial charge in [-0.25, -0.2) is 4.98 Å². The molecule has 1 aromatic heterocycles. The molecule has 128 valence electrons. The molecule has 0 spiro atoms. The third kappa shape index (κ3) is 4.34. The maximum Gasteiger partial charge on any atom is 0.270 e. The summed E-state index contributed by atoms with van der Waals surface area (Å²) >= 11 is 2.67. The van der Waals surface area contributed by atoms with Crippen LogP contribution in [0.5, 0.6) is 0 Å². The number of hydrogen-bond donors (Lipinski definition) is 1. The van der Waals surface area contributed by atoms with Gasteiger partial charge in [0.05, 0.1) is 20.9 Å². The van der Waals surface area contributed by atoms with Gasteiger partial charge < -0.3 is 5.32 Å².